The van der Waals surface area contributed by atoms with Crippen molar-refractivity contribution in [3.8, 4) is 23.3 Å². The van der Waals surface area contributed by atoms with Crippen LogP contribution in [0.5, 0.6) is 0 Å². The lowest BCUT2D eigenvalue weighted by Gasteiger charge is -2.05. The highest BCUT2D eigenvalue weighted by Crippen LogP contribution is 2.24. The van der Waals surface area contributed by atoms with E-state index in [0.717, 1.165) is 21.9 Å². The van der Waals surface area contributed by atoms with Crippen LogP contribution in [0.3, 0.4) is 0 Å². The van der Waals surface area contributed by atoms with Gasteiger partial charge in [-0.05, 0) is 41.8 Å². The first-order valence-corrected chi connectivity index (χ1v) is 9.97. The Bertz CT molecular complexity index is 1580. The lowest BCUT2D eigenvalue weighted by molar-refractivity contribution is 0.302. The van der Waals surface area contributed by atoms with E-state index in [1.165, 1.54) is 0 Å². The largest absolute Gasteiger partial charge is 0.454 e. The van der Waals surface area contributed by atoms with Crippen LogP contribution < -0.4 is 5.36 Å². The molecule has 4 nitrogen and oxygen atoms in total. The van der Waals surface area contributed by atoms with Crippen LogP contribution in [0.25, 0.3) is 33.2 Å². The van der Waals surface area contributed by atoms with Gasteiger partial charge < -0.3 is 9.62 Å². The number of hydrogen-bond acceptors (Lipinski definition) is 4. The summed E-state index contributed by atoms with van der Waals surface area (Å²) in [7, 11) is 0. The summed E-state index contributed by atoms with van der Waals surface area (Å²) >= 11 is 6.19. The van der Waals surface area contributed by atoms with Gasteiger partial charge in [0.1, 0.15) is 16.6 Å². The van der Waals surface area contributed by atoms with E-state index >= 15 is 0 Å². The van der Waals surface area contributed by atoms with Gasteiger partial charge in [0.25, 0.3) is 0 Å². The van der Waals surface area contributed by atoms with Crippen molar-refractivity contribution in [1.82, 2.24) is 4.98 Å². The molecule has 0 amide bonds. The van der Waals surface area contributed by atoms with E-state index in [2.05, 4.69) is 22.0 Å². The predicted molar refractivity (Wildman–Crippen MR) is 122 cm³/mol. The monoisotopic (exact) mass is 422 g/mol. The molecule has 5 heteroatoms. The maximum Gasteiger partial charge on any atom is 0.155 e. The third kappa shape index (κ3) is 3.75. The second-order valence-electron chi connectivity index (χ2n) is 6.95. The molecule has 148 valence electrons. The van der Waals surface area contributed by atoms with Crippen LogP contribution in [-0.2, 0) is 0 Å². The summed E-state index contributed by atoms with van der Waals surface area (Å²) in [6.45, 7) is 0. The van der Waals surface area contributed by atoms with Crippen LogP contribution in [0.15, 0.2) is 94.6 Å². The third-order valence-corrected chi connectivity index (χ3v) is 5.28. The van der Waals surface area contributed by atoms with E-state index < -0.39 is 0 Å². The van der Waals surface area contributed by atoms with Crippen molar-refractivity contribution in [2.45, 2.75) is 0 Å². The SMILES string of the molecule is O/N=c1\cc(-c2cc3ccccc3cn2)oc2cc(C#Cc3ccccc3Cl)ccc12. The number of halogens is 1. The standard InChI is InChI=1S/C26H15ClN2O2/c27-22-8-4-3-5-18(22)11-9-17-10-12-21-23(29-30)15-26(31-25(21)13-17)24-14-19-6-1-2-7-20(19)16-28-24/h1-8,10,12-16,30H/b29-23+. The summed E-state index contributed by atoms with van der Waals surface area (Å²) in [6.07, 6.45) is 1.80. The number of rotatable bonds is 1. The van der Waals surface area contributed by atoms with E-state index in [9.17, 15) is 5.21 Å². The molecule has 2 heterocycles. The normalized spacial score (nSPS) is 11.5. The summed E-state index contributed by atoms with van der Waals surface area (Å²) in [6, 6.07) is 24.5. The van der Waals surface area contributed by atoms with Crippen molar-refractivity contribution in [1.29, 1.82) is 0 Å². The van der Waals surface area contributed by atoms with Gasteiger partial charge in [0, 0.05) is 34.2 Å². The minimum Gasteiger partial charge on any atom is -0.454 e. The molecule has 0 saturated heterocycles. The van der Waals surface area contributed by atoms with Crippen LogP contribution in [0.4, 0.5) is 0 Å². The van der Waals surface area contributed by atoms with E-state index in [4.69, 9.17) is 16.0 Å². The Morgan fingerprint density at radius 1 is 0.871 bits per heavy atom. The van der Waals surface area contributed by atoms with Crippen molar-refractivity contribution >= 4 is 33.3 Å². The second kappa shape index (κ2) is 7.98. The molecule has 2 aromatic heterocycles. The zero-order valence-corrected chi connectivity index (χ0v) is 17.0. The summed E-state index contributed by atoms with van der Waals surface area (Å²) < 4.78 is 6.13. The van der Waals surface area contributed by atoms with E-state index in [-0.39, 0.29) is 0 Å². The fourth-order valence-corrected chi connectivity index (χ4v) is 3.56. The Morgan fingerprint density at radius 2 is 1.68 bits per heavy atom. The number of fused-ring (bicyclic) bond motifs is 2. The minimum atomic E-state index is 0.400. The summed E-state index contributed by atoms with van der Waals surface area (Å²) in [5.74, 6) is 6.69. The summed E-state index contributed by atoms with van der Waals surface area (Å²) in [5.41, 5.74) is 2.70. The molecule has 0 saturated carbocycles. The molecule has 0 aliphatic heterocycles. The number of aromatic nitrogens is 1. The van der Waals surface area contributed by atoms with Crippen LogP contribution >= 0.6 is 11.6 Å². The van der Waals surface area contributed by atoms with Crippen LogP contribution in [0.2, 0.25) is 5.02 Å². The van der Waals surface area contributed by atoms with Gasteiger partial charge in [-0.1, -0.05) is 65.0 Å². The maximum atomic E-state index is 9.55. The molecule has 31 heavy (non-hydrogen) atoms. The summed E-state index contributed by atoms with van der Waals surface area (Å²) in [4.78, 5) is 4.51. The van der Waals surface area contributed by atoms with Gasteiger partial charge in [0.2, 0.25) is 0 Å². The molecule has 0 bridgehead atoms. The van der Waals surface area contributed by atoms with E-state index in [1.807, 2.05) is 66.7 Å². The van der Waals surface area contributed by atoms with Crippen molar-refractivity contribution in [3.05, 3.63) is 107 Å². The second-order valence-corrected chi connectivity index (χ2v) is 7.36. The number of pyridine rings is 1. The summed E-state index contributed by atoms with van der Waals surface area (Å²) in [5, 5.41) is 16.8. The Hall–Kier alpha value is -4.07. The lowest BCUT2D eigenvalue weighted by Crippen LogP contribution is -2.04. The molecule has 0 aliphatic rings. The predicted octanol–water partition coefficient (Wildman–Crippen LogP) is 5.99. The molecule has 0 fully saturated rings. The van der Waals surface area contributed by atoms with Gasteiger partial charge in [-0.15, -0.1) is 0 Å². The molecule has 5 rings (SSSR count). The van der Waals surface area contributed by atoms with Crippen molar-refractivity contribution in [2.24, 2.45) is 5.16 Å². The Morgan fingerprint density at radius 3 is 2.52 bits per heavy atom. The van der Waals surface area contributed by atoms with Gasteiger partial charge in [0.15, 0.2) is 5.76 Å². The molecule has 1 N–H and O–H groups in total. The molecular formula is C26H15ClN2O2. The smallest absolute Gasteiger partial charge is 0.155 e. The van der Waals surface area contributed by atoms with Crippen LogP contribution in [-0.4, -0.2) is 10.2 Å². The molecule has 0 radical (unpaired) electrons. The molecule has 0 atom stereocenters. The van der Waals surface area contributed by atoms with Gasteiger partial charge >= 0.3 is 0 Å². The van der Waals surface area contributed by atoms with E-state index in [0.29, 0.717) is 32.8 Å². The number of benzene rings is 3. The molecule has 5 aromatic rings. The van der Waals surface area contributed by atoms with Crippen LogP contribution in [0, 0.1) is 11.8 Å². The molecule has 3 aromatic carbocycles. The van der Waals surface area contributed by atoms with Crippen LogP contribution in [0.1, 0.15) is 11.1 Å². The third-order valence-electron chi connectivity index (χ3n) is 4.95. The molecule has 0 spiro atoms. The zero-order valence-electron chi connectivity index (χ0n) is 16.2. The fraction of sp³-hybridized carbons (Fsp3) is 0. The van der Waals surface area contributed by atoms with Gasteiger partial charge in [-0.3, -0.25) is 4.98 Å². The lowest BCUT2D eigenvalue weighted by atomic mass is 10.1. The van der Waals surface area contributed by atoms with Gasteiger partial charge in [-0.25, -0.2) is 0 Å². The Kier molecular flexibility index (Phi) is 4.87. The van der Waals surface area contributed by atoms with Crippen molar-refractivity contribution < 1.29 is 9.62 Å². The van der Waals surface area contributed by atoms with Gasteiger partial charge in [-0.2, -0.15) is 0 Å². The Balaban J connectivity index is 1.63. The first kappa shape index (κ1) is 18.9. The fourth-order valence-electron chi connectivity index (χ4n) is 3.38. The first-order chi connectivity index (χ1) is 15.2. The number of nitrogens with zero attached hydrogens (tertiary/aromatic N) is 2. The highest BCUT2D eigenvalue weighted by molar-refractivity contribution is 6.31. The maximum absolute atomic E-state index is 9.55. The highest BCUT2D eigenvalue weighted by Gasteiger charge is 2.09. The number of hydrogen-bond donors (Lipinski definition) is 1. The van der Waals surface area contributed by atoms with Crippen molar-refractivity contribution in [3.63, 3.8) is 0 Å². The Labute approximate surface area is 183 Å². The van der Waals surface area contributed by atoms with Gasteiger partial charge in [0.05, 0.1) is 5.02 Å². The zero-order chi connectivity index (χ0) is 21.2. The highest BCUT2D eigenvalue weighted by atomic mass is 35.5. The topological polar surface area (TPSA) is 58.6 Å². The average molecular weight is 423 g/mol. The van der Waals surface area contributed by atoms with Crippen molar-refractivity contribution in [2.75, 3.05) is 0 Å². The first-order valence-electron chi connectivity index (χ1n) is 9.59. The minimum absolute atomic E-state index is 0.400. The molecular weight excluding hydrogens is 408 g/mol. The molecule has 0 aliphatic carbocycles. The average Bonchev–Trinajstić information content (AvgIpc) is 2.82. The van der Waals surface area contributed by atoms with E-state index in [1.54, 1.807) is 18.3 Å². The molecule has 0 unspecified atom stereocenters. The quantitative estimate of drug-likeness (QED) is 0.205.